The lowest BCUT2D eigenvalue weighted by molar-refractivity contribution is 0.627. The van der Waals surface area contributed by atoms with E-state index in [9.17, 15) is 9.18 Å². The molecular formula is C20H18FN5OS. The molecule has 0 atom stereocenters. The Bertz CT molecular complexity index is 1250. The second kappa shape index (κ2) is 7.12. The minimum Gasteiger partial charge on any atom is -0.267 e. The first kappa shape index (κ1) is 18.2. The Balaban J connectivity index is 1.72. The molecule has 28 heavy (non-hydrogen) atoms. The van der Waals surface area contributed by atoms with E-state index in [0.717, 1.165) is 38.8 Å². The Hall–Kier alpha value is -3.13. The molecule has 1 aromatic carbocycles. The summed E-state index contributed by atoms with van der Waals surface area (Å²) in [4.78, 5) is 18.9. The number of thiophene rings is 1. The summed E-state index contributed by atoms with van der Waals surface area (Å²) in [6.07, 6.45) is 3.91. The minimum atomic E-state index is -0.297. The fraction of sp³-hybridized carbons (Fsp3) is 0.200. The Morgan fingerprint density at radius 3 is 2.71 bits per heavy atom. The third-order valence-electron chi connectivity index (χ3n) is 4.56. The van der Waals surface area contributed by atoms with Crippen molar-refractivity contribution in [3.8, 4) is 5.69 Å². The van der Waals surface area contributed by atoms with Gasteiger partial charge in [-0.1, -0.05) is 6.92 Å². The number of rotatable bonds is 4. The first-order valence-electron chi connectivity index (χ1n) is 8.84. The van der Waals surface area contributed by atoms with Crippen LogP contribution in [0.1, 0.15) is 28.8 Å². The summed E-state index contributed by atoms with van der Waals surface area (Å²) in [5.41, 5.74) is 2.97. The number of fused-ring (bicyclic) bond motifs is 1. The first-order valence-corrected chi connectivity index (χ1v) is 9.66. The second-order valence-corrected chi connectivity index (χ2v) is 7.51. The van der Waals surface area contributed by atoms with Crippen LogP contribution in [0.25, 0.3) is 15.9 Å². The average Bonchev–Trinajstić information content (AvgIpc) is 3.24. The topological polar surface area (TPSA) is 65.1 Å². The van der Waals surface area contributed by atoms with Gasteiger partial charge in [-0.15, -0.1) is 11.3 Å². The predicted molar refractivity (Wildman–Crippen MR) is 109 cm³/mol. The molecule has 0 aliphatic rings. The van der Waals surface area contributed by atoms with Gasteiger partial charge in [0.05, 0.1) is 28.7 Å². The van der Waals surface area contributed by atoms with Gasteiger partial charge in [0.2, 0.25) is 0 Å². The highest BCUT2D eigenvalue weighted by molar-refractivity contribution is 7.18. The number of hydrogen-bond donors (Lipinski definition) is 0. The molecule has 0 N–H and O–H groups in total. The van der Waals surface area contributed by atoms with Gasteiger partial charge in [0.25, 0.3) is 5.56 Å². The highest BCUT2D eigenvalue weighted by Gasteiger charge is 2.12. The fourth-order valence-corrected chi connectivity index (χ4v) is 3.94. The maximum atomic E-state index is 13.2. The van der Waals surface area contributed by atoms with Crippen LogP contribution < -0.4 is 5.56 Å². The van der Waals surface area contributed by atoms with Gasteiger partial charge in [0, 0.05) is 10.4 Å². The summed E-state index contributed by atoms with van der Waals surface area (Å²) in [6.45, 7) is 5.82. The third-order valence-corrected chi connectivity index (χ3v) is 5.75. The molecule has 4 rings (SSSR count). The van der Waals surface area contributed by atoms with E-state index in [1.54, 1.807) is 23.0 Å². The molecule has 0 aliphatic heterocycles. The van der Waals surface area contributed by atoms with E-state index in [4.69, 9.17) is 0 Å². The molecule has 3 aromatic heterocycles. The Kier molecular flexibility index (Phi) is 4.64. The van der Waals surface area contributed by atoms with Crippen LogP contribution in [-0.2, 0) is 6.42 Å². The van der Waals surface area contributed by atoms with Crippen molar-refractivity contribution in [2.45, 2.75) is 27.2 Å². The quantitative estimate of drug-likeness (QED) is 0.493. The van der Waals surface area contributed by atoms with Crippen molar-refractivity contribution in [1.82, 2.24) is 19.4 Å². The summed E-state index contributed by atoms with van der Waals surface area (Å²) in [6, 6.07) is 8.00. The van der Waals surface area contributed by atoms with Crippen LogP contribution in [0.15, 0.2) is 46.6 Å². The Morgan fingerprint density at radius 2 is 2.00 bits per heavy atom. The van der Waals surface area contributed by atoms with E-state index in [0.29, 0.717) is 5.39 Å². The SMILES string of the molecule is CCc1cc2c(=O)n(/N=C\c3c(C)nn(-c4ccc(F)cc4)c3C)cnc2s1. The molecule has 3 heterocycles. The zero-order chi connectivity index (χ0) is 19.8. The molecule has 142 valence electrons. The zero-order valence-corrected chi connectivity index (χ0v) is 16.5. The van der Waals surface area contributed by atoms with Crippen LogP contribution in [0.4, 0.5) is 4.39 Å². The van der Waals surface area contributed by atoms with Crippen molar-refractivity contribution in [3.05, 3.63) is 74.7 Å². The molecule has 0 saturated carbocycles. The summed E-state index contributed by atoms with van der Waals surface area (Å²) < 4.78 is 16.1. The number of aromatic nitrogens is 4. The maximum absolute atomic E-state index is 13.2. The van der Waals surface area contributed by atoms with Crippen LogP contribution in [0, 0.1) is 19.7 Å². The summed E-state index contributed by atoms with van der Waals surface area (Å²) >= 11 is 1.53. The maximum Gasteiger partial charge on any atom is 0.282 e. The van der Waals surface area contributed by atoms with Crippen LogP contribution in [0.2, 0.25) is 0 Å². The average molecular weight is 395 g/mol. The Morgan fingerprint density at radius 1 is 1.25 bits per heavy atom. The lowest BCUT2D eigenvalue weighted by Gasteiger charge is -2.04. The molecule has 0 amide bonds. The first-order chi connectivity index (χ1) is 13.5. The normalized spacial score (nSPS) is 11.7. The summed E-state index contributed by atoms with van der Waals surface area (Å²) in [5, 5.41) is 9.40. The van der Waals surface area contributed by atoms with Crippen molar-refractivity contribution in [2.75, 3.05) is 0 Å². The van der Waals surface area contributed by atoms with Gasteiger partial charge < -0.3 is 0 Å². The zero-order valence-electron chi connectivity index (χ0n) is 15.7. The van der Waals surface area contributed by atoms with Gasteiger partial charge in [-0.25, -0.2) is 14.1 Å². The lowest BCUT2D eigenvalue weighted by Crippen LogP contribution is -2.16. The van der Waals surface area contributed by atoms with Crippen molar-refractivity contribution in [2.24, 2.45) is 5.10 Å². The monoisotopic (exact) mass is 395 g/mol. The summed E-state index contributed by atoms with van der Waals surface area (Å²) in [5.74, 6) is -0.297. The third kappa shape index (κ3) is 3.16. The van der Waals surface area contributed by atoms with Crippen molar-refractivity contribution < 1.29 is 4.39 Å². The molecule has 0 radical (unpaired) electrons. The molecule has 0 saturated heterocycles. The number of halogens is 1. The molecule has 0 spiro atoms. The van der Waals surface area contributed by atoms with Gasteiger partial charge in [0.15, 0.2) is 0 Å². The van der Waals surface area contributed by atoms with Crippen LogP contribution in [0.5, 0.6) is 0 Å². The van der Waals surface area contributed by atoms with E-state index in [1.807, 2.05) is 26.8 Å². The number of nitrogens with zero attached hydrogens (tertiary/aromatic N) is 5. The van der Waals surface area contributed by atoms with Crippen molar-refractivity contribution in [3.63, 3.8) is 0 Å². The number of benzene rings is 1. The van der Waals surface area contributed by atoms with Crippen molar-refractivity contribution >= 4 is 27.8 Å². The van der Waals surface area contributed by atoms with Gasteiger partial charge in [-0.3, -0.25) is 4.79 Å². The van der Waals surface area contributed by atoms with E-state index in [-0.39, 0.29) is 11.4 Å². The van der Waals surface area contributed by atoms with E-state index in [2.05, 4.69) is 15.2 Å². The lowest BCUT2D eigenvalue weighted by atomic mass is 10.2. The molecule has 0 fully saturated rings. The van der Waals surface area contributed by atoms with Gasteiger partial charge in [-0.05, 0) is 50.6 Å². The van der Waals surface area contributed by atoms with Gasteiger partial charge in [-0.2, -0.15) is 14.9 Å². The molecular weight excluding hydrogens is 377 g/mol. The van der Waals surface area contributed by atoms with E-state index in [1.165, 1.54) is 34.5 Å². The van der Waals surface area contributed by atoms with Crippen LogP contribution in [-0.4, -0.2) is 25.7 Å². The minimum absolute atomic E-state index is 0.196. The van der Waals surface area contributed by atoms with Crippen LogP contribution in [0.3, 0.4) is 0 Å². The smallest absolute Gasteiger partial charge is 0.267 e. The highest BCUT2D eigenvalue weighted by Crippen LogP contribution is 2.21. The molecule has 6 nitrogen and oxygen atoms in total. The summed E-state index contributed by atoms with van der Waals surface area (Å²) in [7, 11) is 0. The molecule has 0 bridgehead atoms. The van der Waals surface area contributed by atoms with Crippen molar-refractivity contribution in [1.29, 1.82) is 0 Å². The predicted octanol–water partition coefficient (Wildman–Crippen LogP) is 3.84. The number of aryl methyl sites for hydroxylation is 2. The van der Waals surface area contributed by atoms with E-state index >= 15 is 0 Å². The molecule has 4 aromatic rings. The van der Waals surface area contributed by atoms with Crippen LogP contribution >= 0.6 is 11.3 Å². The largest absolute Gasteiger partial charge is 0.282 e. The Labute approximate surface area is 164 Å². The molecule has 0 unspecified atom stereocenters. The fourth-order valence-electron chi connectivity index (χ4n) is 3.02. The second-order valence-electron chi connectivity index (χ2n) is 6.40. The van der Waals surface area contributed by atoms with Gasteiger partial charge in [0.1, 0.15) is 17.0 Å². The highest BCUT2D eigenvalue weighted by atomic mass is 32.1. The van der Waals surface area contributed by atoms with Gasteiger partial charge >= 0.3 is 0 Å². The number of hydrogen-bond acceptors (Lipinski definition) is 5. The van der Waals surface area contributed by atoms with E-state index < -0.39 is 0 Å². The standard InChI is InChI=1S/C20H18FN5OS/c1-4-16-9-17-19(28-16)22-11-25(20(17)27)23-10-18-12(2)24-26(13(18)3)15-7-5-14(21)6-8-15/h5-11H,4H2,1-3H3/b23-10-. The molecule has 8 heteroatoms. The molecule has 0 aliphatic carbocycles.